The van der Waals surface area contributed by atoms with E-state index in [1.54, 1.807) is 12.3 Å². The fourth-order valence-corrected chi connectivity index (χ4v) is 2.19. The number of pyridine rings is 1. The van der Waals surface area contributed by atoms with Crippen LogP contribution in [0.3, 0.4) is 0 Å². The van der Waals surface area contributed by atoms with Gasteiger partial charge < -0.3 is 10.6 Å². The van der Waals surface area contributed by atoms with Gasteiger partial charge in [-0.1, -0.05) is 39.8 Å². The van der Waals surface area contributed by atoms with Crippen LogP contribution in [0, 0.1) is 0 Å². The lowest BCUT2D eigenvalue weighted by Gasteiger charge is -2.19. The zero-order valence-electron chi connectivity index (χ0n) is 14.3. The number of carbonyl (C=O) groups is 1. The Labute approximate surface area is 138 Å². The van der Waals surface area contributed by atoms with Gasteiger partial charge in [0.1, 0.15) is 5.82 Å². The van der Waals surface area contributed by atoms with Gasteiger partial charge in [0.15, 0.2) is 0 Å². The fraction of sp³-hybridized carbons (Fsp3) is 0.368. The molecule has 1 aromatic heterocycles. The van der Waals surface area contributed by atoms with Crippen LogP contribution < -0.4 is 10.6 Å². The molecule has 1 heterocycles. The first-order valence-corrected chi connectivity index (χ1v) is 8.02. The standard InChI is InChI=1S/C19H25N3O/c1-5-6-18(23)22-17-12-11-16(13-20-17)21-15-9-7-14(8-10-15)19(2,3)4/h7-13,21H,5-6H2,1-4H3,(H,20,22,23). The number of aromatic nitrogens is 1. The Balaban J connectivity index is 1.99. The van der Waals surface area contributed by atoms with Crippen LogP contribution in [0.5, 0.6) is 0 Å². The zero-order chi connectivity index (χ0) is 16.9. The highest BCUT2D eigenvalue weighted by molar-refractivity contribution is 5.89. The molecule has 2 N–H and O–H groups in total. The molecule has 4 nitrogen and oxygen atoms in total. The van der Waals surface area contributed by atoms with E-state index >= 15 is 0 Å². The van der Waals surface area contributed by atoms with E-state index in [0.29, 0.717) is 12.2 Å². The summed E-state index contributed by atoms with van der Waals surface area (Å²) < 4.78 is 0. The normalized spacial score (nSPS) is 11.1. The third-order valence-electron chi connectivity index (χ3n) is 3.55. The van der Waals surface area contributed by atoms with Gasteiger partial charge in [0.25, 0.3) is 0 Å². The highest BCUT2D eigenvalue weighted by atomic mass is 16.1. The number of hydrogen-bond donors (Lipinski definition) is 2. The SMILES string of the molecule is CCCC(=O)Nc1ccc(Nc2ccc(C(C)(C)C)cc2)cn1. The van der Waals surface area contributed by atoms with E-state index in [0.717, 1.165) is 17.8 Å². The first-order valence-electron chi connectivity index (χ1n) is 8.02. The Morgan fingerprint density at radius 1 is 1.04 bits per heavy atom. The van der Waals surface area contributed by atoms with Gasteiger partial charge in [-0.2, -0.15) is 0 Å². The van der Waals surface area contributed by atoms with Crippen molar-refractivity contribution in [2.45, 2.75) is 46.0 Å². The molecular formula is C19H25N3O. The summed E-state index contributed by atoms with van der Waals surface area (Å²) in [5.74, 6) is 0.579. The molecule has 0 atom stereocenters. The lowest BCUT2D eigenvalue weighted by atomic mass is 9.87. The van der Waals surface area contributed by atoms with Crippen LogP contribution >= 0.6 is 0 Å². The quantitative estimate of drug-likeness (QED) is 0.829. The number of hydrogen-bond acceptors (Lipinski definition) is 3. The lowest BCUT2D eigenvalue weighted by Crippen LogP contribution is -2.11. The van der Waals surface area contributed by atoms with Crippen LogP contribution in [-0.2, 0) is 10.2 Å². The van der Waals surface area contributed by atoms with Crippen molar-refractivity contribution < 1.29 is 4.79 Å². The topological polar surface area (TPSA) is 54.0 Å². The molecule has 0 aliphatic rings. The van der Waals surface area contributed by atoms with Crippen LogP contribution in [0.25, 0.3) is 0 Å². The number of amides is 1. The minimum atomic E-state index is -0.00141. The van der Waals surface area contributed by atoms with E-state index in [1.165, 1.54) is 5.56 Å². The summed E-state index contributed by atoms with van der Waals surface area (Å²) in [6, 6.07) is 12.1. The van der Waals surface area contributed by atoms with Gasteiger partial charge in [0.2, 0.25) is 5.91 Å². The second kappa shape index (κ2) is 7.27. The number of benzene rings is 1. The molecule has 1 amide bonds. The fourth-order valence-electron chi connectivity index (χ4n) is 2.19. The maximum atomic E-state index is 11.5. The number of carbonyl (C=O) groups excluding carboxylic acids is 1. The van der Waals surface area contributed by atoms with Gasteiger partial charge in [-0.25, -0.2) is 4.98 Å². The second-order valence-electron chi connectivity index (χ2n) is 6.68. The Bertz CT molecular complexity index is 640. The van der Waals surface area contributed by atoms with Gasteiger partial charge in [-0.15, -0.1) is 0 Å². The highest BCUT2D eigenvalue weighted by Gasteiger charge is 2.12. The molecule has 122 valence electrons. The summed E-state index contributed by atoms with van der Waals surface area (Å²) >= 11 is 0. The molecule has 0 saturated heterocycles. The molecule has 0 aliphatic heterocycles. The molecule has 0 bridgehead atoms. The Hall–Kier alpha value is -2.36. The van der Waals surface area contributed by atoms with E-state index in [2.05, 4.69) is 60.7 Å². The predicted octanol–water partition coefficient (Wildman–Crippen LogP) is 4.86. The van der Waals surface area contributed by atoms with Gasteiger partial charge in [-0.3, -0.25) is 4.79 Å². The number of nitrogens with one attached hydrogen (secondary N) is 2. The third-order valence-corrected chi connectivity index (χ3v) is 3.55. The van der Waals surface area contributed by atoms with Crippen molar-refractivity contribution in [1.82, 2.24) is 4.98 Å². The Morgan fingerprint density at radius 2 is 1.70 bits per heavy atom. The minimum absolute atomic E-state index is 0.00141. The third kappa shape index (κ3) is 5.09. The average Bonchev–Trinajstić information content (AvgIpc) is 2.49. The minimum Gasteiger partial charge on any atom is -0.354 e. The van der Waals surface area contributed by atoms with Crippen molar-refractivity contribution in [2.24, 2.45) is 0 Å². The highest BCUT2D eigenvalue weighted by Crippen LogP contribution is 2.25. The van der Waals surface area contributed by atoms with Crippen molar-refractivity contribution in [3.05, 3.63) is 48.2 Å². The van der Waals surface area contributed by atoms with Gasteiger partial charge in [0.05, 0.1) is 11.9 Å². The summed E-state index contributed by atoms with van der Waals surface area (Å²) in [6.07, 6.45) is 3.07. The summed E-state index contributed by atoms with van der Waals surface area (Å²) in [5.41, 5.74) is 3.36. The molecule has 0 unspecified atom stereocenters. The Morgan fingerprint density at radius 3 is 2.22 bits per heavy atom. The summed E-state index contributed by atoms with van der Waals surface area (Å²) in [4.78, 5) is 15.8. The molecule has 23 heavy (non-hydrogen) atoms. The maximum absolute atomic E-state index is 11.5. The summed E-state index contributed by atoms with van der Waals surface area (Å²) in [7, 11) is 0. The Kier molecular flexibility index (Phi) is 5.37. The molecule has 4 heteroatoms. The largest absolute Gasteiger partial charge is 0.354 e. The van der Waals surface area contributed by atoms with Crippen LogP contribution in [-0.4, -0.2) is 10.9 Å². The van der Waals surface area contributed by atoms with Crippen molar-refractivity contribution in [3.8, 4) is 0 Å². The van der Waals surface area contributed by atoms with Gasteiger partial charge in [-0.05, 0) is 41.7 Å². The second-order valence-corrected chi connectivity index (χ2v) is 6.68. The molecule has 0 aliphatic carbocycles. The van der Waals surface area contributed by atoms with Crippen LogP contribution in [0.2, 0.25) is 0 Å². The van der Waals surface area contributed by atoms with Gasteiger partial charge >= 0.3 is 0 Å². The maximum Gasteiger partial charge on any atom is 0.225 e. The van der Waals surface area contributed by atoms with Gasteiger partial charge in [0, 0.05) is 12.1 Å². The zero-order valence-corrected chi connectivity index (χ0v) is 14.3. The first-order chi connectivity index (χ1) is 10.9. The van der Waals surface area contributed by atoms with Crippen molar-refractivity contribution in [3.63, 3.8) is 0 Å². The molecule has 2 aromatic rings. The van der Waals surface area contributed by atoms with E-state index in [9.17, 15) is 4.79 Å². The van der Waals surface area contributed by atoms with Crippen molar-refractivity contribution in [1.29, 1.82) is 0 Å². The summed E-state index contributed by atoms with van der Waals surface area (Å²) in [5, 5.41) is 6.09. The monoisotopic (exact) mass is 311 g/mol. The smallest absolute Gasteiger partial charge is 0.225 e. The van der Waals surface area contributed by atoms with E-state index < -0.39 is 0 Å². The van der Waals surface area contributed by atoms with Crippen LogP contribution in [0.15, 0.2) is 42.6 Å². The van der Waals surface area contributed by atoms with E-state index in [-0.39, 0.29) is 11.3 Å². The summed E-state index contributed by atoms with van der Waals surface area (Å²) in [6.45, 7) is 8.58. The molecular weight excluding hydrogens is 286 g/mol. The molecule has 0 radical (unpaired) electrons. The van der Waals surface area contributed by atoms with Crippen molar-refractivity contribution in [2.75, 3.05) is 10.6 Å². The number of rotatable bonds is 5. The molecule has 0 spiro atoms. The molecule has 0 saturated carbocycles. The molecule has 2 rings (SSSR count). The average molecular weight is 311 g/mol. The van der Waals surface area contributed by atoms with Crippen LogP contribution in [0.4, 0.5) is 17.2 Å². The number of anilines is 3. The lowest BCUT2D eigenvalue weighted by molar-refractivity contribution is -0.116. The van der Waals surface area contributed by atoms with Crippen molar-refractivity contribution >= 4 is 23.1 Å². The predicted molar refractivity (Wildman–Crippen MR) is 96.2 cm³/mol. The first kappa shape index (κ1) is 17.0. The molecule has 0 fully saturated rings. The van der Waals surface area contributed by atoms with Crippen LogP contribution in [0.1, 0.15) is 46.1 Å². The molecule has 1 aromatic carbocycles. The number of nitrogens with zero attached hydrogens (tertiary/aromatic N) is 1. The van der Waals surface area contributed by atoms with E-state index in [4.69, 9.17) is 0 Å². The van der Waals surface area contributed by atoms with E-state index in [1.807, 2.05) is 13.0 Å².